The zero-order valence-electron chi connectivity index (χ0n) is 8.79. The number of amides is 3. The Labute approximate surface area is 86.9 Å². The molecule has 0 radical (unpaired) electrons. The zero-order valence-corrected chi connectivity index (χ0v) is 9.69. The summed E-state index contributed by atoms with van der Waals surface area (Å²) in [5.41, 5.74) is 0. The van der Waals surface area contributed by atoms with Crippen molar-refractivity contribution in [1.82, 2.24) is 9.57 Å². The number of hydrogen-bond acceptors (Lipinski definition) is 6. The third-order valence-electron chi connectivity index (χ3n) is 1.67. The lowest BCUT2D eigenvalue weighted by atomic mass is 10.8. The first-order chi connectivity index (χ1) is 6.80. The van der Waals surface area contributed by atoms with Gasteiger partial charge in [0.25, 0.3) is 0 Å². The van der Waals surface area contributed by atoms with Crippen LogP contribution >= 0.6 is 7.75 Å². The van der Waals surface area contributed by atoms with Gasteiger partial charge in [-0.2, -0.15) is 0 Å². The van der Waals surface area contributed by atoms with Crippen molar-refractivity contribution in [3.63, 3.8) is 0 Å². The Hall–Kier alpha value is -1.11. The first-order valence-corrected chi connectivity index (χ1v) is 5.24. The molecule has 0 aromatic heterocycles. The van der Waals surface area contributed by atoms with Crippen LogP contribution in [0.1, 0.15) is 0 Å². The van der Waals surface area contributed by atoms with Gasteiger partial charge in [0.15, 0.2) is 0 Å². The molecule has 0 saturated carbocycles. The minimum Gasteiger partial charge on any atom is -0.530 e. The first kappa shape index (κ1) is 13.9. The lowest BCUT2D eigenvalue weighted by Gasteiger charge is -2.28. The molecule has 0 bridgehead atoms. The molecular weight excluding hydrogens is 227 g/mol. The lowest BCUT2D eigenvalue weighted by Crippen LogP contribution is -2.47. The summed E-state index contributed by atoms with van der Waals surface area (Å²) >= 11 is 0. The van der Waals surface area contributed by atoms with Crippen LogP contribution in [0.5, 0.6) is 0 Å². The number of carboxylic acid groups (broad SMARTS) is 1. The highest BCUT2D eigenvalue weighted by molar-refractivity contribution is 7.52. The summed E-state index contributed by atoms with van der Waals surface area (Å²) in [5.74, 6) is 0. The largest absolute Gasteiger partial charge is 0.530 e. The fourth-order valence-corrected chi connectivity index (χ4v) is 1.70. The predicted octanol–water partition coefficient (Wildman–Crippen LogP) is -0.286. The molecule has 0 aliphatic heterocycles. The number of rotatable bonds is 3. The number of nitrogens with zero attached hydrogens (tertiary/aromatic N) is 2. The second-order valence-electron chi connectivity index (χ2n) is 2.46. The van der Waals surface area contributed by atoms with Crippen molar-refractivity contribution in [3.8, 4) is 0 Å². The fraction of sp³-hybridized carbons (Fsp3) is 0.667. The third kappa shape index (κ3) is 2.92. The Balaban J connectivity index is 4.86. The van der Waals surface area contributed by atoms with Gasteiger partial charge in [0.1, 0.15) is 6.09 Å². The van der Waals surface area contributed by atoms with E-state index in [2.05, 4.69) is 9.05 Å². The van der Waals surface area contributed by atoms with Gasteiger partial charge < -0.3 is 9.90 Å². The Kier molecular flexibility index (Phi) is 4.73. The van der Waals surface area contributed by atoms with Crippen LogP contribution in [0.25, 0.3) is 0 Å². The number of carbonyl (C=O) groups excluding carboxylic acids is 2. The lowest BCUT2D eigenvalue weighted by molar-refractivity contribution is -0.260. The van der Waals surface area contributed by atoms with Gasteiger partial charge in [-0.25, -0.2) is 14.0 Å². The van der Waals surface area contributed by atoms with E-state index in [4.69, 9.17) is 0 Å². The smallest absolute Gasteiger partial charge is 0.438 e. The van der Waals surface area contributed by atoms with E-state index in [1.54, 1.807) is 0 Å². The fourth-order valence-electron chi connectivity index (χ4n) is 0.719. The van der Waals surface area contributed by atoms with E-state index in [9.17, 15) is 19.3 Å². The molecule has 0 aliphatic carbocycles. The summed E-state index contributed by atoms with van der Waals surface area (Å²) in [6.45, 7) is 0. The van der Waals surface area contributed by atoms with Crippen LogP contribution in [0.2, 0.25) is 0 Å². The molecule has 88 valence electrons. The van der Waals surface area contributed by atoms with Crippen molar-refractivity contribution >= 4 is 19.9 Å². The molecule has 0 N–H and O–H groups in total. The van der Waals surface area contributed by atoms with Crippen LogP contribution < -0.4 is 5.11 Å². The molecule has 0 rings (SSSR count). The Morgan fingerprint density at radius 2 is 1.60 bits per heavy atom. The molecule has 0 unspecified atom stereocenters. The van der Waals surface area contributed by atoms with Gasteiger partial charge >= 0.3 is 13.8 Å². The minimum atomic E-state index is -3.77. The van der Waals surface area contributed by atoms with Crippen molar-refractivity contribution in [3.05, 3.63) is 0 Å². The normalized spacial score (nSPS) is 10.9. The van der Waals surface area contributed by atoms with Crippen molar-refractivity contribution in [2.45, 2.75) is 0 Å². The number of hydrogen-bond donors (Lipinski definition) is 0. The second kappa shape index (κ2) is 5.11. The molecule has 0 heterocycles. The molecular formula is C6H12N2O6P-. The van der Waals surface area contributed by atoms with Gasteiger partial charge in [0, 0.05) is 28.3 Å². The van der Waals surface area contributed by atoms with E-state index >= 15 is 0 Å². The molecule has 0 aromatic rings. The monoisotopic (exact) mass is 239 g/mol. The molecule has 0 saturated heterocycles. The summed E-state index contributed by atoms with van der Waals surface area (Å²) in [6, 6.07) is -1.07. The van der Waals surface area contributed by atoms with Crippen molar-refractivity contribution < 1.29 is 28.3 Å². The topological polar surface area (TPSA) is 99.2 Å². The van der Waals surface area contributed by atoms with Crippen LogP contribution in [-0.2, 0) is 13.6 Å². The molecule has 9 heteroatoms. The number of imide groups is 1. The SMILES string of the molecule is COP(=O)(OC)N(C)C(=O)N(C)C(=O)[O-]. The second-order valence-corrected chi connectivity index (χ2v) is 4.73. The molecule has 0 fully saturated rings. The number of carbonyl (C=O) groups is 2. The summed E-state index contributed by atoms with van der Waals surface area (Å²) in [6.07, 6.45) is -1.72. The Morgan fingerprint density at radius 3 is 1.87 bits per heavy atom. The molecule has 0 aliphatic rings. The highest BCUT2D eigenvalue weighted by atomic mass is 31.2. The van der Waals surface area contributed by atoms with Crippen LogP contribution in [0.4, 0.5) is 9.59 Å². The molecule has 8 nitrogen and oxygen atoms in total. The third-order valence-corrected chi connectivity index (χ3v) is 3.50. The highest BCUT2D eigenvalue weighted by Crippen LogP contribution is 2.49. The van der Waals surface area contributed by atoms with Crippen LogP contribution in [0, 0.1) is 0 Å². The highest BCUT2D eigenvalue weighted by Gasteiger charge is 2.34. The minimum absolute atomic E-state index is 0.255. The van der Waals surface area contributed by atoms with E-state index in [0.29, 0.717) is 4.67 Å². The van der Waals surface area contributed by atoms with E-state index in [0.717, 1.165) is 28.3 Å². The quantitative estimate of drug-likeness (QED) is 0.627. The van der Waals surface area contributed by atoms with Gasteiger partial charge in [-0.3, -0.25) is 13.9 Å². The van der Waals surface area contributed by atoms with Crippen molar-refractivity contribution in [2.75, 3.05) is 28.3 Å². The Morgan fingerprint density at radius 1 is 1.20 bits per heavy atom. The summed E-state index contributed by atoms with van der Waals surface area (Å²) in [4.78, 5) is 21.9. The first-order valence-electron chi connectivity index (χ1n) is 3.74. The molecule has 15 heavy (non-hydrogen) atoms. The molecule has 0 atom stereocenters. The zero-order chi connectivity index (χ0) is 12.2. The summed E-state index contributed by atoms with van der Waals surface area (Å²) in [7, 11) is 0.437. The predicted molar refractivity (Wildman–Crippen MR) is 47.9 cm³/mol. The maximum Gasteiger partial charge on any atom is 0.438 e. The van der Waals surface area contributed by atoms with Crippen molar-refractivity contribution in [1.29, 1.82) is 0 Å². The van der Waals surface area contributed by atoms with Crippen LogP contribution in [-0.4, -0.2) is 50.0 Å². The summed E-state index contributed by atoms with van der Waals surface area (Å²) < 4.78 is 21.2. The van der Waals surface area contributed by atoms with Crippen LogP contribution in [0.3, 0.4) is 0 Å². The Bertz CT molecular complexity index is 298. The van der Waals surface area contributed by atoms with Gasteiger partial charge in [-0.15, -0.1) is 0 Å². The maximum absolute atomic E-state index is 11.6. The van der Waals surface area contributed by atoms with E-state index in [-0.39, 0.29) is 4.90 Å². The standard InChI is InChI=1S/C6H13N2O6P/c1-7(6(10)11)5(9)8(2)15(12,13-3)14-4/h1-4H3,(H,10,11)/p-1. The molecule has 3 amide bonds. The average molecular weight is 239 g/mol. The van der Waals surface area contributed by atoms with Gasteiger partial charge in [-0.1, -0.05) is 0 Å². The van der Waals surface area contributed by atoms with Gasteiger partial charge in [0.2, 0.25) is 0 Å². The average Bonchev–Trinajstić information content (AvgIpc) is 2.24. The molecule has 0 spiro atoms. The van der Waals surface area contributed by atoms with Gasteiger partial charge in [-0.05, 0) is 0 Å². The summed E-state index contributed by atoms with van der Waals surface area (Å²) in [5, 5.41) is 10.3. The van der Waals surface area contributed by atoms with Gasteiger partial charge in [0.05, 0.1) is 0 Å². The maximum atomic E-state index is 11.6. The number of urea groups is 1. The van der Waals surface area contributed by atoms with Crippen LogP contribution in [0.15, 0.2) is 0 Å². The molecule has 0 aromatic carbocycles. The van der Waals surface area contributed by atoms with E-state index in [1.807, 2.05) is 0 Å². The van der Waals surface area contributed by atoms with E-state index < -0.39 is 19.9 Å². The van der Waals surface area contributed by atoms with E-state index in [1.165, 1.54) is 0 Å². The van der Waals surface area contributed by atoms with Crippen molar-refractivity contribution in [2.24, 2.45) is 0 Å².